The molecule has 5 heteroatoms. The van der Waals surface area contributed by atoms with Crippen molar-refractivity contribution in [2.45, 2.75) is 31.8 Å². The van der Waals surface area contributed by atoms with Gasteiger partial charge in [-0.05, 0) is 44.0 Å². The van der Waals surface area contributed by atoms with Gasteiger partial charge in [-0.1, -0.05) is 30.3 Å². The van der Waals surface area contributed by atoms with E-state index in [1.165, 1.54) is 4.90 Å². The van der Waals surface area contributed by atoms with E-state index in [2.05, 4.69) is 22.3 Å². The summed E-state index contributed by atoms with van der Waals surface area (Å²) in [7, 11) is 0. The molecule has 2 N–H and O–H groups in total. The number of ketones is 1. The van der Waals surface area contributed by atoms with Gasteiger partial charge in [0.15, 0.2) is 11.8 Å². The zero-order valence-corrected chi connectivity index (χ0v) is 16.4. The first-order valence-corrected chi connectivity index (χ1v) is 10.2. The topological polar surface area (TPSA) is 53.9 Å². The average molecular weight is 378 g/mol. The van der Waals surface area contributed by atoms with Gasteiger partial charge in [0.25, 0.3) is 5.91 Å². The van der Waals surface area contributed by atoms with Crippen LogP contribution in [0.2, 0.25) is 0 Å². The molecular formula is C23H28N3O2+. The van der Waals surface area contributed by atoms with Crippen molar-refractivity contribution in [1.82, 2.24) is 5.32 Å². The summed E-state index contributed by atoms with van der Waals surface area (Å²) in [6, 6.07) is 18.2. The molecule has 5 nitrogen and oxygen atoms in total. The van der Waals surface area contributed by atoms with E-state index in [-0.39, 0.29) is 17.7 Å². The maximum atomic E-state index is 13.0. The summed E-state index contributed by atoms with van der Waals surface area (Å²) in [5.41, 5.74) is 2.98. The highest BCUT2D eigenvalue weighted by atomic mass is 16.2. The number of piperazine rings is 1. The van der Waals surface area contributed by atoms with E-state index in [1.807, 2.05) is 42.5 Å². The molecule has 2 aromatic rings. The van der Waals surface area contributed by atoms with Crippen LogP contribution in [0.25, 0.3) is 0 Å². The van der Waals surface area contributed by atoms with Gasteiger partial charge in [0.05, 0.1) is 26.2 Å². The van der Waals surface area contributed by atoms with E-state index in [0.717, 1.165) is 55.8 Å². The number of rotatable bonds is 6. The SMILES string of the molecule is CC(=O)c1ccc(N2CC[NH+]([C@H](C(=O)NC3CC3)c3ccccc3)CC2)cc1. The highest BCUT2D eigenvalue weighted by Gasteiger charge is 2.36. The molecule has 2 aromatic carbocycles. The fourth-order valence-electron chi connectivity index (χ4n) is 3.98. The lowest BCUT2D eigenvalue weighted by molar-refractivity contribution is -0.922. The molecule has 0 aromatic heterocycles. The van der Waals surface area contributed by atoms with Crippen molar-refractivity contribution in [2.24, 2.45) is 0 Å². The Labute approximate surface area is 166 Å². The van der Waals surface area contributed by atoms with Crippen LogP contribution < -0.4 is 15.1 Å². The van der Waals surface area contributed by atoms with Crippen LogP contribution in [-0.4, -0.2) is 43.9 Å². The normalized spacial score (nSPS) is 18.5. The molecule has 1 saturated heterocycles. The number of hydrogen-bond donors (Lipinski definition) is 2. The second-order valence-corrected chi connectivity index (χ2v) is 7.87. The minimum atomic E-state index is -0.149. The molecule has 2 aliphatic rings. The summed E-state index contributed by atoms with van der Waals surface area (Å²) in [5.74, 6) is 0.246. The van der Waals surface area contributed by atoms with Gasteiger partial charge in [-0.25, -0.2) is 0 Å². The van der Waals surface area contributed by atoms with Gasteiger partial charge < -0.3 is 15.1 Å². The van der Waals surface area contributed by atoms with Gasteiger partial charge in [-0.2, -0.15) is 0 Å². The highest BCUT2D eigenvalue weighted by Crippen LogP contribution is 2.21. The lowest BCUT2D eigenvalue weighted by Crippen LogP contribution is -3.16. The first kappa shape index (κ1) is 18.7. The van der Waals surface area contributed by atoms with E-state index in [4.69, 9.17) is 0 Å². The van der Waals surface area contributed by atoms with Gasteiger partial charge in [0.2, 0.25) is 0 Å². The average Bonchev–Trinajstić information content (AvgIpc) is 3.53. The van der Waals surface area contributed by atoms with E-state index in [0.29, 0.717) is 6.04 Å². The van der Waals surface area contributed by atoms with Gasteiger partial charge in [0.1, 0.15) is 0 Å². The number of anilines is 1. The zero-order valence-electron chi connectivity index (χ0n) is 16.4. The molecular weight excluding hydrogens is 350 g/mol. The van der Waals surface area contributed by atoms with Gasteiger partial charge in [-0.3, -0.25) is 9.59 Å². The number of hydrogen-bond acceptors (Lipinski definition) is 3. The number of nitrogens with one attached hydrogen (secondary N) is 2. The zero-order chi connectivity index (χ0) is 19.5. The van der Waals surface area contributed by atoms with Gasteiger partial charge >= 0.3 is 0 Å². The molecule has 4 rings (SSSR count). The Morgan fingerprint density at radius 1 is 1.00 bits per heavy atom. The fourth-order valence-corrected chi connectivity index (χ4v) is 3.98. The fraction of sp³-hybridized carbons (Fsp3) is 0.391. The van der Waals surface area contributed by atoms with Crippen molar-refractivity contribution < 1.29 is 14.5 Å². The molecule has 2 fully saturated rings. The highest BCUT2D eigenvalue weighted by molar-refractivity contribution is 5.94. The van der Waals surface area contributed by atoms with Crippen LogP contribution in [0.1, 0.15) is 41.7 Å². The number of carbonyl (C=O) groups is 2. The van der Waals surface area contributed by atoms with E-state index >= 15 is 0 Å². The molecule has 1 saturated carbocycles. The van der Waals surface area contributed by atoms with Gasteiger partial charge in [0, 0.05) is 22.9 Å². The number of amides is 1. The smallest absolute Gasteiger partial charge is 0.283 e. The summed E-state index contributed by atoms with van der Waals surface area (Å²) >= 11 is 0. The number of quaternary nitrogens is 1. The molecule has 1 aliphatic heterocycles. The minimum Gasteiger partial charge on any atom is -0.360 e. The second kappa shape index (κ2) is 8.15. The van der Waals surface area contributed by atoms with Crippen LogP contribution in [0.4, 0.5) is 5.69 Å². The molecule has 0 bridgehead atoms. The van der Waals surface area contributed by atoms with Crippen LogP contribution >= 0.6 is 0 Å². The van der Waals surface area contributed by atoms with Crippen molar-refractivity contribution in [3.05, 3.63) is 65.7 Å². The lowest BCUT2D eigenvalue weighted by atomic mass is 10.0. The molecule has 1 atom stereocenters. The third kappa shape index (κ3) is 4.25. The predicted molar refractivity (Wildman–Crippen MR) is 110 cm³/mol. The first-order valence-electron chi connectivity index (χ1n) is 10.2. The maximum absolute atomic E-state index is 13.0. The van der Waals surface area contributed by atoms with E-state index in [9.17, 15) is 9.59 Å². The van der Waals surface area contributed by atoms with Crippen LogP contribution in [0, 0.1) is 0 Å². The summed E-state index contributed by atoms with van der Waals surface area (Å²) < 4.78 is 0. The summed E-state index contributed by atoms with van der Waals surface area (Å²) in [6.07, 6.45) is 2.21. The van der Waals surface area contributed by atoms with Crippen molar-refractivity contribution in [3.63, 3.8) is 0 Å². The number of Topliss-reactive ketones (excluding diaryl/α,β-unsaturated/α-hetero) is 1. The van der Waals surface area contributed by atoms with E-state index < -0.39 is 0 Å². The number of nitrogens with zero attached hydrogens (tertiary/aromatic N) is 1. The molecule has 0 spiro atoms. The number of carbonyl (C=O) groups excluding carboxylic acids is 2. The van der Waals surface area contributed by atoms with Crippen LogP contribution in [0.5, 0.6) is 0 Å². The largest absolute Gasteiger partial charge is 0.360 e. The maximum Gasteiger partial charge on any atom is 0.283 e. The van der Waals surface area contributed by atoms with Crippen molar-refractivity contribution >= 4 is 17.4 Å². The third-order valence-corrected chi connectivity index (χ3v) is 5.77. The molecule has 1 amide bonds. The Hall–Kier alpha value is -2.66. The molecule has 146 valence electrons. The third-order valence-electron chi connectivity index (χ3n) is 5.77. The lowest BCUT2D eigenvalue weighted by Gasteiger charge is -2.37. The van der Waals surface area contributed by atoms with Crippen molar-refractivity contribution in [2.75, 3.05) is 31.1 Å². The predicted octanol–water partition coefficient (Wildman–Crippen LogP) is 1.61. The summed E-state index contributed by atoms with van der Waals surface area (Å²) in [6.45, 7) is 5.20. The Morgan fingerprint density at radius 3 is 2.21 bits per heavy atom. The molecule has 28 heavy (non-hydrogen) atoms. The monoisotopic (exact) mass is 378 g/mol. The van der Waals surface area contributed by atoms with Crippen molar-refractivity contribution in [3.8, 4) is 0 Å². The molecule has 0 radical (unpaired) electrons. The molecule has 0 unspecified atom stereocenters. The Morgan fingerprint density at radius 2 is 1.64 bits per heavy atom. The summed E-state index contributed by atoms with van der Waals surface area (Å²) in [5, 5.41) is 3.20. The van der Waals surface area contributed by atoms with Gasteiger partial charge in [-0.15, -0.1) is 0 Å². The second-order valence-electron chi connectivity index (χ2n) is 7.87. The van der Waals surface area contributed by atoms with Crippen molar-refractivity contribution in [1.29, 1.82) is 0 Å². The quantitative estimate of drug-likeness (QED) is 0.751. The molecule has 1 heterocycles. The Balaban J connectivity index is 1.45. The first-order chi connectivity index (χ1) is 13.6. The van der Waals surface area contributed by atoms with Crippen LogP contribution in [0.15, 0.2) is 54.6 Å². The Kier molecular flexibility index (Phi) is 5.44. The Bertz CT molecular complexity index is 823. The van der Waals surface area contributed by atoms with Crippen LogP contribution in [0.3, 0.4) is 0 Å². The summed E-state index contributed by atoms with van der Waals surface area (Å²) in [4.78, 5) is 28.1. The number of benzene rings is 2. The minimum absolute atomic E-state index is 0.0909. The molecule has 1 aliphatic carbocycles. The van der Waals surface area contributed by atoms with Crippen LogP contribution in [-0.2, 0) is 4.79 Å². The van der Waals surface area contributed by atoms with E-state index in [1.54, 1.807) is 6.92 Å². The standard InChI is InChI=1S/C23H27N3O2/c1-17(27)18-7-11-21(12-8-18)25-13-15-26(16-14-25)22(19-5-3-2-4-6-19)23(28)24-20-9-10-20/h2-8,11-12,20,22H,9-10,13-16H2,1H3,(H,24,28)/p+1/t22-/m0/s1.